The molecule has 0 radical (unpaired) electrons. The molecule has 0 N–H and O–H groups in total. The van der Waals surface area contributed by atoms with Gasteiger partial charge in [0.1, 0.15) is 6.29 Å². The minimum Gasteiger partial charge on any atom is -0.298 e. The third-order valence-electron chi connectivity index (χ3n) is 1.85. The normalized spacial score (nSPS) is 10.4. The van der Waals surface area contributed by atoms with E-state index in [1.807, 2.05) is 0 Å². The smallest absolute Gasteiger partial charge is 0.241 e. The van der Waals surface area contributed by atoms with E-state index in [0.717, 1.165) is 0 Å². The van der Waals surface area contributed by atoms with Gasteiger partial charge in [-0.25, -0.2) is 0 Å². The Balaban J connectivity index is 2.86. The van der Waals surface area contributed by atoms with Crippen molar-refractivity contribution in [2.24, 2.45) is 0 Å². The van der Waals surface area contributed by atoms with Crippen LogP contribution in [0, 0.1) is 11.9 Å². The number of hydrogen-bond acceptors (Lipinski definition) is 3. The van der Waals surface area contributed by atoms with E-state index in [4.69, 9.17) is 0 Å². The van der Waals surface area contributed by atoms with Gasteiger partial charge in [0.15, 0.2) is 0 Å². The number of aromatic nitrogens is 2. The van der Waals surface area contributed by atoms with Gasteiger partial charge >= 0.3 is 0 Å². The molecule has 2 rings (SSSR count). The van der Waals surface area contributed by atoms with Gasteiger partial charge in [0.25, 0.3) is 0 Å². The van der Waals surface area contributed by atoms with Gasteiger partial charge in [-0.15, -0.1) is 10.2 Å². The summed E-state index contributed by atoms with van der Waals surface area (Å²) in [6.07, 6.45) is 0.553. The molecule has 0 aliphatic heterocycles. The van der Waals surface area contributed by atoms with Crippen LogP contribution in [0.3, 0.4) is 0 Å². The maximum Gasteiger partial charge on any atom is 0.241 e. The molecule has 3 nitrogen and oxygen atoms in total. The van der Waals surface area contributed by atoms with Gasteiger partial charge in [0.2, 0.25) is 11.9 Å². The first-order chi connectivity index (χ1) is 6.72. The predicted octanol–water partition coefficient (Wildman–Crippen LogP) is 1.72. The van der Waals surface area contributed by atoms with Gasteiger partial charge in [0.05, 0.1) is 0 Å². The summed E-state index contributed by atoms with van der Waals surface area (Å²) in [6.45, 7) is 0. The first-order valence-corrected chi connectivity index (χ1v) is 3.79. The SMILES string of the molecule is O=Cc1ccc2c(F)nnc(F)c2c1. The summed E-state index contributed by atoms with van der Waals surface area (Å²) in [4.78, 5) is 10.4. The maximum atomic E-state index is 13.0. The highest BCUT2D eigenvalue weighted by Gasteiger charge is 2.08. The van der Waals surface area contributed by atoms with Gasteiger partial charge in [-0.05, 0) is 12.1 Å². The van der Waals surface area contributed by atoms with Crippen molar-refractivity contribution >= 4 is 17.1 Å². The molecule has 0 amide bonds. The second-order valence-corrected chi connectivity index (χ2v) is 2.70. The number of benzene rings is 1. The van der Waals surface area contributed by atoms with Crippen LogP contribution in [0.5, 0.6) is 0 Å². The molecule has 0 bridgehead atoms. The average molecular weight is 194 g/mol. The summed E-state index contributed by atoms with van der Waals surface area (Å²) in [6, 6.07) is 3.92. The van der Waals surface area contributed by atoms with Crippen molar-refractivity contribution in [1.82, 2.24) is 10.2 Å². The van der Waals surface area contributed by atoms with Crippen LogP contribution in [0.15, 0.2) is 18.2 Å². The summed E-state index contributed by atoms with van der Waals surface area (Å²) in [5.74, 6) is -1.73. The number of carbonyl (C=O) groups is 1. The van der Waals surface area contributed by atoms with Gasteiger partial charge in [-0.1, -0.05) is 6.07 Å². The fraction of sp³-hybridized carbons (Fsp3) is 0. The number of aldehydes is 1. The van der Waals surface area contributed by atoms with Crippen molar-refractivity contribution in [3.8, 4) is 0 Å². The Morgan fingerprint density at radius 1 is 1.07 bits per heavy atom. The zero-order valence-electron chi connectivity index (χ0n) is 6.87. The highest BCUT2D eigenvalue weighted by Crippen LogP contribution is 2.18. The molecule has 1 aromatic carbocycles. The Morgan fingerprint density at radius 3 is 2.36 bits per heavy atom. The average Bonchev–Trinajstić information content (AvgIpc) is 2.23. The fourth-order valence-corrected chi connectivity index (χ4v) is 1.18. The Morgan fingerprint density at radius 2 is 1.71 bits per heavy atom. The molecule has 0 saturated carbocycles. The lowest BCUT2D eigenvalue weighted by Crippen LogP contribution is -1.95. The second-order valence-electron chi connectivity index (χ2n) is 2.70. The minimum absolute atomic E-state index is 0.0168. The number of halogens is 2. The first kappa shape index (κ1) is 8.68. The van der Waals surface area contributed by atoms with Crippen molar-refractivity contribution < 1.29 is 13.6 Å². The monoisotopic (exact) mass is 194 g/mol. The summed E-state index contributed by atoms with van der Waals surface area (Å²) < 4.78 is 26.0. The van der Waals surface area contributed by atoms with Crippen LogP contribution in [0.1, 0.15) is 10.4 Å². The number of nitrogens with zero attached hydrogens (tertiary/aromatic N) is 2. The maximum absolute atomic E-state index is 13.0. The van der Waals surface area contributed by atoms with Crippen LogP contribution >= 0.6 is 0 Å². The summed E-state index contributed by atoms with van der Waals surface area (Å²) in [5.41, 5.74) is 0.267. The molecule has 70 valence electrons. The molecule has 0 aliphatic rings. The first-order valence-electron chi connectivity index (χ1n) is 3.79. The molecule has 0 saturated heterocycles. The van der Waals surface area contributed by atoms with Gasteiger partial charge in [0, 0.05) is 16.3 Å². The van der Waals surface area contributed by atoms with Crippen LogP contribution in [-0.4, -0.2) is 16.5 Å². The van der Waals surface area contributed by atoms with E-state index in [2.05, 4.69) is 10.2 Å². The second kappa shape index (κ2) is 3.10. The number of carbonyl (C=O) groups excluding carboxylic acids is 1. The van der Waals surface area contributed by atoms with E-state index in [1.54, 1.807) is 0 Å². The van der Waals surface area contributed by atoms with Crippen LogP contribution in [0.2, 0.25) is 0 Å². The summed E-state index contributed by atoms with van der Waals surface area (Å²) in [5, 5.41) is 5.93. The van der Waals surface area contributed by atoms with E-state index in [1.165, 1.54) is 18.2 Å². The highest BCUT2D eigenvalue weighted by atomic mass is 19.1. The lowest BCUT2D eigenvalue weighted by molar-refractivity contribution is 0.112. The zero-order valence-corrected chi connectivity index (χ0v) is 6.87. The third-order valence-corrected chi connectivity index (χ3v) is 1.85. The van der Waals surface area contributed by atoms with E-state index in [-0.39, 0.29) is 16.3 Å². The Bertz CT molecular complexity index is 513. The lowest BCUT2D eigenvalue weighted by atomic mass is 10.1. The molecular weight excluding hydrogens is 190 g/mol. The van der Waals surface area contributed by atoms with Crippen LogP contribution in [0.25, 0.3) is 10.8 Å². The Kier molecular flexibility index (Phi) is 1.92. The van der Waals surface area contributed by atoms with Gasteiger partial charge < -0.3 is 0 Å². The van der Waals surface area contributed by atoms with Crippen molar-refractivity contribution in [3.05, 3.63) is 35.7 Å². The molecule has 0 atom stereocenters. The van der Waals surface area contributed by atoms with E-state index < -0.39 is 11.9 Å². The molecule has 5 heteroatoms. The minimum atomic E-state index is -0.884. The summed E-state index contributed by atoms with van der Waals surface area (Å²) >= 11 is 0. The van der Waals surface area contributed by atoms with Crippen molar-refractivity contribution in [2.75, 3.05) is 0 Å². The largest absolute Gasteiger partial charge is 0.298 e. The van der Waals surface area contributed by atoms with Crippen LogP contribution < -0.4 is 0 Å². The van der Waals surface area contributed by atoms with E-state index >= 15 is 0 Å². The topological polar surface area (TPSA) is 42.9 Å². The number of fused-ring (bicyclic) bond motifs is 1. The standard InChI is InChI=1S/C9H4F2N2O/c10-8-6-2-1-5(4-14)3-7(6)9(11)13-12-8/h1-4H. The number of rotatable bonds is 1. The molecule has 1 aromatic heterocycles. The Hall–Kier alpha value is -1.91. The molecule has 0 fully saturated rings. The molecule has 2 aromatic rings. The van der Waals surface area contributed by atoms with Crippen molar-refractivity contribution in [2.45, 2.75) is 0 Å². The molecule has 0 spiro atoms. The number of hydrogen-bond donors (Lipinski definition) is 0. The predicted molar refractivity (Wildman–Crippen MR) is 44.8 cm³/mol. The highest BCUT2D eigenvalue weighted by molar-refractivity contribution is 5.88. The van der Waals surface area contributed by atoms with Crippen LogP contribution in [0.4, 0.5) is 8.78 Å². The lowest BCUT2D eigenvalue weighted by Gasteiger charge is -1.99. The molecule has 1 heterocycles. The molecule has 14 heavy (non-hydrogen) atoms. The van der Waals surface area contributed by atoms with Crippen molar-refractivity contribution in [3.63, 3.8) is 0 Å². The molecular formula is C9H4F2N2O. The Labute approximate surface area is 77.4 Å². The quantitative estimate of drug-likeness (QED) is 0.649. The van der Waals surface area contributed by atoms with E-state index in [9.17, 15) is 13.6 Å². The van der Waals surface area contributed by atoms with Crippen LogP contribution in [-0.2, 0) is 0 Å². The summed E-state index contributed by atoms with van der Waals surface area (Å²) in [7, 11) is 0. The van der Waals surface area contributed by atoms with E-state index in [0.29, 0.717) is 6.29 Å². The third kappa shape index (κ3) is 1.22. The fourth-order valence-electron chi connectivity index (χ4n) is 1.18. The molecule has 0 aliphatic carbocycles. The van der Waals surface area contributed by atoms with Crippen molar-refractivity contribution in [1.29, 1.82) is 0 Å². The molecule has 0 unspecified atom stereocenters. The zero-order chi connectivity index (χ0) is 10.1. The van der Waals surface area contributed by atoms with Gasteiger partial charge in [-0.3, -0.25) is 4.79 Å². The van der Waals surface area contributed by atoms with Gasteiger partial charge in [-0.2, -0.15) is 8.78 Å².